The summed E-state index contributed by atoms with van der Waals surface area (Å²) in [5.41, 5.74) is 8.68. The van der Waals surface area contributed by atoms with Gasteiger partial charge in [-0.1, -0.05) is 21.3 Å². The predicted octanol–water partition coefficient (Wildman–Crippen LogP) is 2.82. The quantitative estimate of drug-likeness (QED) is 0.113. The van der Waals surface area contributed by atoms with E-state index >= 15 is 0 Å². The van der Waals surface area contributed by atoms with Crippen LogP contribution in [0.25, 0.3) is 44.6 Å². The van der Waals surface area contributed by atoms with Gasteiger partial charge in [0.2, 0.25) is 5.91 Å². The van der Waals surface area contributed by atoms with Crippen LogP contribution in [0.15, 0.2) is 46.0 Å². The molecule has 70 heavy (non-hydrogen) atoms. The Kier molecular flexibility index (Phi) is 13.6. The maximum Gasteiger partial charge on any atom is 0.343 e. The van der Waals surface area contributed by atoms with Gasteiger partial charge >= 0.3 is 17.9 Å². The van der Waals surface area contributed by atoms with Crippen LogP contribution in [0.3, 0.4) is 0 Å². The molecule has 0 saturated carbocycles. The van der Waals surface area contributed by atoms with Gasteiger partial charge in [-0.05, 0) is 73.2 Å². The number of rotatable bonds is 7. The van der Waals surface area contributed by atoms with Gasteiger partial charge in [-0.2, -0.15) is 0 Å². The number of benzene rings is 2. The number of cyclic esters (lactones) is 2. The Balaban J connectivity index is 0.000000187. The van der Waals surface area contributed by atoms with Crippen LogP contribution in [0.5, 0.6) is 0 Å². The number of hydrogen-bond donors (Lipinski definition) is 7. The lowest BCUT2D eigenvalue weighted by Crippen LogP contribution is -2.44. The Morgan fingerprint density at radius 3 is 1.51 bits per heavy atom. The summed E-state index contributed by atoms with van der Waals surface area (Å²) in [7, 11) is 0. The standard InChI is InChI=1S/C24H22FN3O6.C22H20FN3O4.C2H4O3.CH4/c1-3-24(33)16-5-19-21-14(8-28(19)22(31)15(16)10-34-23(24)32)13(7-26-20(30)9-29)12-4-11(2)17(25)6-18(12)27-21;1-3-22(29)15-5-18-19-13(8-26(18)20(27)14(15)9-30-21(22)28)12(7-24)11-4-10(2)16(23)6-17(11)25-19;3-1-2(4)5;/h4-6,29,33H,3,7-10H2,1-2H3,(H,26,30);4-6,29H,3,7-9,24H2,1-2H3;3H,1H2,(H,4,5);1H4/t24-;22-;;/m00../s1. The molecular weight excluding hydrogens is 919 g/mol. The van der Waals surface area contributed by atoms with Crippen molar-refractivity contribution in [2.24, 2.45) is 5.73 Å². The fraction of sp³-hybridized carbons (Fsp3) is 0.347. The second-order valence-electron chi connectivity index (χ2n) is 17.0. The van der Waals surface area contributed by atoms with E-state index in [2.05, 4.69) is 15.3 Å². The van der Waals surface area contributed by atoms with Gasteiger partial charge in [0, 0.05) is 58.2 Å². The van der Waals surface area contributed by atoms with Crippen molar-refractivity contribution in [2.75, 3.05) is 13.2 Å². The largest absolute Gasteiger partial charge is 0.480 e. The molecule has 0 spiro atoms. The number of aliphatic hydroxyl groups excluding tert-OH is 2. The Morgan fingerprint density at radius 2 is 1.13 bits per heavy atom. The van der Waals surface area contributed by atoms with Crippen molar-refractivity contribution < 1.29 is 63.0 Å². The smallest absolute Gasteiger partial charge is 0.343 e. The summed E-state index contributed by atoms with van der Waals surface area (Å²) in [5.74, 6) is -4.18. The van der Waals surface area contributed by atoms with E-state index in [0.29, 0.717) is 61.4 Å². The molecule has 0 unspecified atom stereocenters. The van der Waals surface area contributed by atoms with Crippen molar-refractivity contribution in [3.8, 4) is 22.8 Å². The lowest BCUT2D eigenvalue weighted by Gasteiger charge is -2.31. The molecule has 4 aromatic heterocycles. The van der Waals surface area contributed by atoms with Gasteiger partial charge in [0.25, 0.3) is 11.1 Å². The molecule has 21 heteroatoms. The number of esters is 2. The molecule has 2 atom stereocenters. The van der Waals surface area contributed by atoms with Gasteiger partial charge in [0.05, 0.1) is 58.0 Å². The first-order chi connectivity index (χ1) is 32.8. The molecule has 0 bridgehead atoms. The zero-order valence-electron chi connectivity index (χ0n) is 37.7. The van der Waals surface area contributed by atoms with Crippen LogP contribution in [0, 0.1) is 25.5 Å². The van der Waals surface area contributed by atoms with Crippen LogP contribution in [0.2, 0.25) is 0 Å². The number of ether oxygens (including phenoxy) is 2. The molecule has 1 amide bonds. The molecular formula is C49H50F2N6O13. The number of aromatic nitrogens is 4. The minimum Gasteiger partial charge on any atom is -0.480 e. The van der Waals surface area contributed by atoms with Crippen LogP contribution >= 0.6 is 0 Å². The Morgan fingerprint density at radius 1 is 0.714 bits per heavy atom. The van der Waals surface area contributed by atoms with E-state index in [4.69, 9.17) is 35.3 Å². The summed E-state index contributed by atoms with van der Waals surface area (Å²) in [5, 5.41) is 50.1. The number of carbonyl (C=O) groups excluding carboxylic acids is 3. The van der Waals surface area contributed by atoms with Crippen molar-refractivity contribution in [1.82, 2.24) is 24.4 Å². The lowest BCUT2D eigenvalue weighted by atomic mass is 9.86. The van der Waals surface area contributed by atoms with Gasteiger partial charge in [-0.3, -0.25) is 14.4 Å². The molecule has 4 aliphatic heterocycles. The SMILES string of the molecule is C.CC[C@@]1(O)C(=O)OCc2c1cc1n(c2=O)Cc2c-1nc1cc(F)c(C)cc1c2CN.CC[C@@]1(O)C(=O)OCc2c1cc1n(c2=O)Cc2c-1nc1cc(F)c(C)cc1c2CNC(=O)CO.O=C(O)CO. The molecule has 0 radical (unpaired) electrons. The summed E-state index contributed by atoms with van der Waals surface area (Å²) in [6.07, 6.45) is 0.0843. The van der Waals surface area contributed by atoms with Crippen molar-refractivity contribution in [3.05, 3.63) is 124 Å². The number of aliphatic hydroxyl groups is 4. The Bertz CT molecular complexity index is 3350. The number of aliphatic carboxylic acids is 1. The number of carbonyl (C=O) groups is 4. The number of hydrogen-bond acceptors (Lipinski definition) is 15. The first-order valence-electron chi connectivity index (χ1n) is 21.7. The Hall–Kier alpha value is -7.30. The van der Waals surface area contributed by atoms with Gasteiger partial charge in [-0.15, -0.1) is 0 Å². The zero-order chi connectivity index (χ0) is 50.0. The van der Waals surface area contributed by atoms with E-state index < -0.39 is 59.6 Å². The number of amides is 1. The summed E-state index contributed by atoms with van der Waals surface area (Å²) in [4.78, 5) is 81.4. The third-order valence-electron chi connectivity index (χ3n) is 13.1. The number of aryl methyl sites for hydroxylation is 2. The van der Waals surface area contributed by atoms with Gasteiger partial charge in [0.1, 0.15) is 38.1 Å². The predicted molar refractivity (Wildman–Crippen MR) is 247 cm³/mol. The van der Waals surface area contributed by atoms with E-state index in [9.17, 15) is 43.0 Å². The number of carboxylic acid groups (broad SMARTS) is 1. The van der Waals surface area contributed by atoms with E-state index in [1.165, 1.54) is 16.7 Å². The highest BCUT2D eigenvalue weighted by atomic mass is 19.1. The average Bonchev–Trinajstić information content (AvgIpc) is 3.89. The molecule has 0 aliphatic carbocycles. The van der Waals surface area contributed by atoms with E-state index in [-0.39, 0.29) is 93.3 Å². The minimum absolute atomic E-state index is 0. The fourth-order valence-electron chi connectivity index (χ4n) is 9.26. The molecule has 10 rings (SSSR count). The molecule has 6 aromatic rings. The highest BCUT2D eigenvalue weighted by molar-refractivity contribution is 5.91. The topological polar surface area (TPSA) is 296 Å². The summed E-state index contributed by atoms with van der Waals surface area (Å²) < 4.78 is 41.8. The summed E-state index contributed by atoms with van der Waals surface area (Å²) in [6.45, 7) is 5.32. The maximum atomic E-state index is 14.4. The molecule has 0 saturated heterocycles. The number of halogens is 2. The van der Waals surface area contributed by atoms with Crippen molar-refractivity contribution in [1.29, 1.82) is 0 Å². The molecule has 4 aliphatic rings. The fourth-order valence-corrected chi connectivity index (χ4v) is 9.26. The first-order valence-corrected chi connectivity index (χ1v) is 21.7. The number of nitrogens with one attached hydrogen (secondary N) is 1. The molecule has 2 aromatic carbocycles. The van der Waals surface area contributed by atoms with Crippen LogP contribution in [-0.4, -0.2) is 81.7 Å². The molecule has 19 nitrogen and oxygen atoms in total. The van der Waals surface area contributed by atoms with Crippen molar-refractivity contribution in [2.45, 2.75) is 98.6 Å². The van der Waals surface area contributed by atoms with Gasteiger partial charge in [-0.25, -0.2) is 33.1 Å². The third-order valence-corrected chi connectivity index (χ3v) is 13.1. The van der Waals surface area contributed by atoms with Crippen LogP contribution in [0.4, 0.5) is 8.78 Å². The molecule has 368 valence electrons. The van der Waals surface area contributed by atoms with E-state index in [1.807, 2.05) is 0 Å². The average molecular weight is 969 g/mol. The molecule has 8 heterocycles. The number of nitrogens with two attached hydrogens (primary N) is 1. The minimum atomic E-state index is -1.96. The van der Waals surface area contributed by atoms with E-state index in [1.54, 1.807) is 56.5 Å². The molecule has 0 fully saturated rings. The number of carboxylic acids is 1. The Labute approximate surface area is 396 Å². The second-order valence-corrected chi connectivity index (χ2v) is 17.0. The van der Waals surface area contributed by atoms with Crippen LogP contribution < -0.4 is 22.2 Å². The van der Waals surface area contributed by atoms with Gasteiger partial charge < -0.3 is 55.2 Å². The summed E-state index contributed by atoms with van der Waals surface area (Å²) >= 11 is 0. The van der Waals surface area contributed by atoms with E-state index in [0.717, 1.165) is 16.5 Å². The molecule has 8 N–H and O–H groups in total. The van der Waals surface area contributed by atoms with Crippen LogP contribution in [0.1, 0.15) is 89.8 Å². The second kappa shape index (κ2) is 18.9. The highest BCUT2D eigenvalue weighted by Crippen LogP contribution is 2.42. The summed E-state index contributed by atoms with van der Waals surface area (Å²) in [6, 6.07) is 9.23. The van der Waals surface area contributed by atoms with Crippen LogP contribution in [-0.2, 0) is 79.2 Å². The van der Waals surface area contributed by atoms with Crippen molar-refractivity contribution >= 4 is 45.6 Å². The first kappa shape index (κ1) is 50.6. The zero-order valence-corrected chi connectivity index (χ0v) is 37.7. The number of fused-ring (bicyclic) bond motifs is 10. The van der Waals surface area contributed by atoms with Crippen molar-refractivity contribution in [3.63, 3.8) is 0 Å². The van der Waals surface area contributed by atoms with Gasteiger partial charge in [0.15, 0.2) is 11.2 Å². The number of pyridine rings is 4. The number of nitrogens with zero attached hydrogens (tertiary/aromatic N) is 4. The normalized spacial score (nSPS) is 17.8. The monoisotopic (exact) mass is 968 g/mol. The third kappa shape index (κ3) is 8.07. The highest BCUT2D eigenvalue weighted by Gasteiger charge is 2.47. The lowest BCUT2D eigenvalue weighted by molar-refractivity contribution is -0.172. The maximum absolute atomic E-state index is 14.4.